The predicted octanol–water partition coefficient (Wildman–Crippen LogP) is 0.888. The van der Waals surface area contributed by atoms with Gasteiger partial charge in [-0.05, 0) is 31.5 Å². The van der Waals surface area contributed by atoms with Gasteiger partial charge in [0, 0.05) is 12.1 Å². The second kappa shape index (κ2) is 6.62. The number of amides is 1. The quantitative estimate of drug-likeness (QED) is 0.814. The number of hydrogen-bond donors (Lipinski definition) is 2. The molecule has 0 radical (unpaired) electrons. The molecule has 2 rings (SSSR count). The van der Waals surface area contributed by atoms with Crippen LogP contribution in [0.15, 0.2) is 18.3 Å². The molecular formula is C14H18FN3O3. The lowest BCUT2D eigenvalue weighted by Gasteiger charge is -2.42. The Morgan fingerprint density at radius 1 is 1.48 bits per heavy atom. The minimum Gasteiger partial charge on any atom is -0.480 e. The summed E-state index contributed by atoms with van der Waals surface area (Å²) in [7, 11) is 0. The second-order valence-corrected chi connectivity index (χ2v) is 5.11. The van der Waals surface area contributed by atoms with Crippen molar-refractivity contribution in [3.63, 3.8) is 0 Å². The topological polar surface area (TPSA) is 82.5 Å². The zero-order valence-corrected chi connectivity index (χ0v) is 11.8. The van der Waals surface area contributed by atoms with E-state index in [1.54, 1.807) is 0 Å². The van der Waals surface area contributed by atoms with E-state index in [-0.39, 0.29) is 30.2 Å². The summed E-state index contributed by atoms with van der Waals surface area (Å²) in [6.45, 7) is 2.59. The van der Waals surface area contributed by atoms with Crippen LogP contribution >= 0.6 is 0 Å². The summed E-state index contributed by atoms with van der Waals surface area (Å²) < 4.78 is 12.7. The smallest absolute Gasteiger partial charge is 0.317 e. The third-order valence-corrected chi connectivity index (χ3v) is 3.67. The molecule has 0 spiro atoms. The van der Waals surface area contributed by atoms with E-state index in [1.807, 2.05) is 11.8 Å². The number of nitrogens with one attached hydrogen (secondary N) is 1. The summed E-state index contributed by atoms with van der Waals surface area (Å²) in [6.07, 6.45) is 2.44. The van der Waals surface area contributed by atoms with Crippen molar-refractivity contribution >= 4 is 11.9 Å². The highest BCUT2D eigenvalue weighted by Gasteiger charge is 2.34. The average molecular weight is 295 g/mol. The molecule has 1 aromatic rings. The lowest BCUT2D eigenvalue weighted by atomic mass is 9.85. The van der Waals surface area contributed by atoms with E-state index in [4.69, 9.17) is 5.11 Å². The predicted molar refractivity (Wildman–Crippen MR) is 73.4 cm³/mol. The van der Waals surface area contributed by atoms with Gasteiger partial charge in [-0.15, -0.1) is 0 Å². The van der Waals surface area contributed by atoms with Gasteiger partial charge in [-0.1, -0.05) is 6.92 Å². The van der Waals surface area contributed by atoms with Crippen LogP contribution in [0.2, 0.25) is 0 Å². The molecule has 0 unspecified atom stereocenters. The van der Waals surface area contributed by atoms with Crippen molar-refractivity contribution < 1.29 is 19.1 Å². The molecule has 1 aliphatic rings. The Bertz CT molecular complexity index is 515. The van der Waals surface area contributed by atoms with Crippen LogP contribution < -0.4 is 5.32 Å². The fraction of sp³-hybridized carbons (Fsp3) is 0.500. The zero-order valence-electron chi connectivity index (χ0n) is 11.8. The summed E-state index contributed by atoms with van der Waals surface area (Å²) in [5.74, 6) is -1.66. The van der Waals surface area contributed by atoms with E-state index in [9.17, 15) is 14.0 Å². The highest BCUT2D eigenvalue weighted by molar-refractivity contribution is 5.92. The number of pyridine rings is 1. The summed E-state index contributed by atoms with van der Waals surface area (Å²) in [5.41, 5.74) is 0.178. The van der Waals surface area contributed by atoms with E-state index in [1.165, 1.54) is 12.1 Å². The van der Waals surface area contributed by atoms with E-state index >= 15 is 0 Å². The SMILES string of the molecule is CCN(CC(=O)O)C1CC(NC(=O)c2ccc(F)cn2)C1. The van der Waals surface area contributed by atoms with Gasteiger partial charge in [0.15, 0.2) is 0 Å². The molecule has 1 fully saturated rings. The van der Waals surface area contributed by atoms with Crippen LogP contribution in [-0.4, -0.2) is 52.0 Å². The number of carboxylic acid groups (broad SMARTS) is 1. The van der Waals surface area contributed by atoms with Crippen LogP contribution in [0.1, 0.15) is 30.3 Å². The van der Waals surface area contributed by atoms with Crippen molar-refractivity contribution in [2.45, 2.75) is 31.8 Å². The maximum absolute atomic E-state index is 12.7. The standard InChI is InChI=1S/C14H18FN3O3/c1-2-18(8-13(19)20)11-5-10(6-11)17-14(21)12-4-3-9(15)7-16-12/h3-4,7,10-11H,2,5-6,8H2,1H3,(H,17,21)(H,19,20). The molecule has 1 heterocycles. The molecule has 0 aromatic carbocycles. The Morgan fingerprint density at radius 3 is 2.71 bits per heavy atom. The minimum absolute atomic E-state index is 0.0113. The van der Waals surface area contributed by atoms with Gasteiger partial charge in [0.25, 0.3) is 5.91 Å². The van der Waals surface area contributed by atoms with Gasteiger partial charge in [0.05, 0.1) is 12.7 Å². The fourth-order valence-corrected chi connectivity index (χ4v) is 2.45. The van der Waals surface area contributed by atoms with Crippen molar-refractivity contribution in [3.8, 4) is 0 Å². The number of carboxylic acids is 1. The third-order valence-electron chi connectivity index (χ3n) is 3.67. The number of halogens is 1. The van der Waals surface area contributed by atoms with Crippen molar-refractivity contribution in [2.24, 2.45) is 0 Å². The highest BCUT2D eigenvalue weighted by Crippen LogP contribution is 2.25. The Labute approximate surface area is 122 Å². The van der Waals surface area contributed by atoms with Crippen molar-refractivity contribution in [1.82, 2.24) is 15.2 Å². The number of nitrogens with zero attached hydrogens (tertiary/aromatic N) is 2. The molecule has 114 valence electrons. The van der Waals surface area contributed by atoms with Gasteiger partial charge in [0.2, 0.25) is 0 Å². The molecule has 0 bridgehead atoms. The Kier molecular flexibility index (Phi) is 4.85. The van der Waals surface area contributed by atoms with Crippen LogP contribution in [0.3, 0.4) is 0 Å². The first kappa shape index (κ1) is 15.4. The number of aliphatic carboxylic acids is 1. The second-order valence-electron chi connectivity index (χ2n) is 5.11. The minimum atomic E-state index is -0.847. The molecule has 21 heavy (non-hydrogen) atoms. The van der Waals surface area contributed by atoms with Crippen molar-refractivity contribution in [3.05, 3.63) is 29.8 Å². The normalized spacial score (nSPS) is 20.9. The van der Waals surface area contributed by atoms with E-state index in [0.29, 0.717) is 19.4 Å². The summed E-state index contributed by atoms with van der Waals surface area (Å²) in [4.78, 5) is 28.2. The van der Waals surface area contributed by atoms with Crippen LogP contribution in [-0.2, 0) is 4.79 Å². The molecule has 2 N–H and O–H groups in total. The Hall–Kier alpha value is -2.02. The van der Waals surface area contributed by atoms with Crippen LogP contribution in [0.4, 0.5) is 4.39 Å². The lowest BCUT2D eigenvalue weighted by Crippen LogP contribution is -2.54. The Balaban J connectivity index is 1.80. The maximum atomic E-state index is 12.7. The molecule has 7 heteroatoms. The molecule has 6 nitrogen and oxygen atoms in total. The van der Waals surface area contributed by atoms with E-state index in [0.717, 1.165) is 6.20 Å². The van der Waals surface area contributed by atoms with Gasteiger partial charge < -0.3 is 10.4 Å². The number of likely N-dealkylation sites (N-methyl/N-ethyl adjacent to an activating group) is 1. The van der Waals surface area contributed by atoms with E-state index in [2.05, 4.69) is 10.3 Å². The first-order chi connectivity index (χ1) is 9.99. The lowest BCUT2D eigenvalue weighted by molar-refractivity contribution is -0.139. The van der Waals surface area contributed by atoms with Gasteiger partial charge in [-0.3, -0.25) is 14.5 Å². The number of rotatable bonds is 6. The highest BCUT2D eigenvalue weighted by atomic mass is 19.1. The van der Waals surface area contributed by atoms with Gasteiger partial charge >= 0.3 is 5.97 Å². The number of aromatic nitrogens is 1. The summed E-state index contributed by atoms with van der Waals surface area (Å²) in [5, 5.41) is 11.6. The average Bonchev–Trinajstić information content (AvgIpc) is 2.40. The summed E-state index contributed by atoms with van der Waals surface area (Å²) >= 11 is 0. The molecule has 1 aliphatic carbocycles. The van der Waals surface area contributed by atoms with Crippen LogP contribution in [0.25, 0.3) is 0 Å². The molecule has 0 aliphatic heterocycles. The maximum Gasteiger partial charge on any atom is 0.317 e. The van der Waals surface area contributed by atoms with Crippen molar-refractivity contribution in [1.29, 1.82) is 0 Å². The molecular weight excluding hydrogens is 277 g/mol. The molecule has 0 atom stereocenters. The first-order valence-corrected chi connectivity index (χ1v) is 6.87. The Morgan fingerprint density at radius 2 is 2.19 bits per heavy atom. The molecule has 0 saturated heterocycles. The van der Waals surface area contributed by atoms with Gasteiger partial charge in [-0.2, -0.15) is 0 Å². The van der Waals surface area contributed by atoms with Crippen LogP contribution in [0, 0.1) is 5.82 Å². The van der Waals surface area contributed by atoms with Gasteiger partial charge in [-0.25, -0.2) is 9.37 Å². The number of hydrogen-bond acceptors (Lipinski definition) is 4. The largest absolute Gasteiger partial charge is 0.480 e. The summed E-state index contributed by atoms with van der Waals surface area (Å²) in [6, 6.07) is 2.72. The van der Waals surface area contributed by atoms with Crippen molar-refractivity contribution in [2.75, 3.05) is 13.1 Å². The molecule has 1 amide bonds. The third kappa shape index (κ3) is 3.98. The first-order valence-electron chi connectivity index (χ1n) is 6.87. The fourth-order valence-electron chi connectivity index (χ4n) is 2.45. The molecule has 1 saturated carbocycles. The number of carbonyl (C=O) groups is 2. The monoisotopic (exact) mass is 295 g/mol. The van der Waals surface area contributed by atoms with Gasteiger partial charge in [0.1, 0.15) is 11.5 Å². The number of carbonyl (C=O) groups excluding carboxylic acids is 1. The van der Waals surface area contributed by atoms with Crippen LogP contribution in [0.5, 0.6) is 0 Å². The van der Waals surface area contributed by atoms with E-state index < -0.39 is 11.8 Å². The zero-order chi connectivity index (χ0) is 15.4. The molecule has 1 aromatic heterocycles.